The van der Waals surface area contributed by atoms with Gasteiger partial charge in [-0.2, -0.15) is 0 Å². The molecule has 3 aromatic rings. The van der Waals surface area contributed by atoms with Gasteiger partial charge < -0.3 is 9.73 Å². The van der Waals surface area contributed by atoms with Gasteiger partial charge in [-0.1, -0.05) is 0 Å². The molecule has 3 rings (SSSR count). The standard InChI is InChI=1S/C17H15FN2O2/c1-10-14(8-12-5-6-13(18)9-15(12)19-10)17(21)20-11(2)16-4-3-7-22-16/h3-9,11H,1-2H3,(H,20,21). The van der Waals surface area contributed by atoms with Crippen molar-refractivity contribution in [2.75, 3.05) is 0 Å². The summed E-state index contributed by atoms with van der Waals surface area (Å²) >= 11 is 0. The summed E-state index contributed by atoms with van der Waals surface area (Å²) in [5.41, 5.74) is 1.56. The van der Waals surface area contributed by atoms with Crippen LogP contribution in [0, 0.1) is 12.7 Å². The van der Waals surface area contributed by atoms with Crippen LogP contribution in [-0.2, 0) is 0 Å². The van der Waals surface area contributed by atoms with Gasteiger partial charge in [-0.05, 0) is 44.2 Å². The number of carbonyl (C=O) groups is 1. The number of aryl methyl sites for hydroxylation is 1. The highest BCUT2D eigenvalue weighted by molar-refractivity contribution is 5.98. The molecule has 0 spiro atoms. The van der Waals surface area contributed by atoms with Crippen LogP contribution in [0.3, 0.4) is 0 Å². The highest BCUT2D eigenvalue weighted by Crippen LogP contribution is 2.19. The van der Waals surface area contributed by atoms with E-state index in [1.54, 1.807) is 37.5 Å². The fraction of sp³-hybridized carbons (Fsp3) is 0.176. The summed E-state index contributed by atoms with van der Waals surface area (Å²) in [5.74, 6) is 0.102. The van der Waals surface area contributed by atoms with Crippen molar-refractivity contribution in [1.82, 2.24) is 10.3 Å². The number of pyridine rings is 1. The van der Waals surface area contributed by atoms with Crippen molar-refractivity contribution in [3.05, 3.63) is 65.5 Å². The summed E-state index contributed by atoms with van der Waals surface area (Å²) < 4.78 is 18.5. The highest BCUT2D eigenvalue weighted by atomic mass is 19.1. The van der Waals surface area contributed by atoms with E-state index in [0.717, 1.165) is 5.39 Å². The third-order valence-electron chi connectivity index (χ3n) is 3.53. The van der Waals surface area contributed by atoms with Crippen molar-refractivity contribution in [3.63, 3.8) is 0 Å². The van der Waals surface area contributed by atoms with Gasteiger partial charge in [-0.25, -0.2) is 4.39 Å². The Morgan fingerprint density at radius 2 is 2.14 bits per heavy atom. The van der Waals surface area contributed by atoms with Gasteiger partial charge in [-0.15, -0.1) is 0 Å². The maximum atomic E-state index is 13.2. The molecule has 0 saturated carbocycles. The summed E-state index contributed by atoms with van der Waals surface area (Å²) in [6.45, 7) is 3.58. The van der Waals surface area contributed by atoms with E-state index in [-0.39, 0.29) is 17.8 Å². The number of hydrogen-bond donors (Lipinski definition) is 1. The number of furan rings is 1. The fourth-order valence-corrected chi connectivity index (χ4v) is 2.35. The number of fused-ring (bicyclic) bond motifs is 1. The molecular weight excluding hydrogens is 283 g/mol. The van der Waals surface area contributed by atoms with Gasteiger partial charge in [0.25, 0.3) is 5.91 Å². The number of amides is 1. The maximum Gasteiger partial charge on any atom is 0.253 e. The Morgan fingerprint density at radius 1 is 1.32 bits per heavy atom. The van der Waals surface area contributed by atoms with Crippen molar-refractivity contribution in [1.29, 1.82) is 0 Å². The molecule has 0 fully saturated rings. The van der Waals surface area contributed by atoms with Crippen LogP contribution in [0.25, 0.3) is 10.9 Å². The largest absolute Gasteiger partial charge is 0.467 e. The Labute approximate surface area is 127 Å². The molecule has 4 nitrogen and oxygen atoms in total. The molecule has 0 radical (unpaired) electrons. The van der Waals surface area contributed by atoms with Crippen LogP contribution in [0.15, 0.2) is 47.1 Å². The monoisotopic (exact) mass is 298 g/mol. The molecule has 0 aliphatic heterocycles. The minimum Gasteiger partial charge on any atom is -0.467 e. The maximum absolute atomic E-state index is 13.2. The second-order valence-electron chi connectivity index (χ2n) is 5.17. The number of benzene rings is 1. The zero-order chi connectivity index (χ0) is 15.7. The van der Waals surface area contributed by atoms with Crippen LogP contribution in [0.2, 0.25) is 0 Å². The summed E-state index contributed by atoms with van der Waals surface area (Å²) in [4.78, 5) is 16.7. The molecule has 1 atom stereocenters. The van der Waals surface area contributed by atoms with Gasteiger partial charge in [0.05, 0.1) is 29.1 Å². The van der Waals surface area contributed by atoms with E-state index in [4.69, 9.17) is 4.42 Å². The van der Waals surface area contributed by atoms with E-state index >= 15 is 0 Å². The minimum absolute atomic E-state index is 0.236. The molecular formula is C17H15FN2O2. The topological polar surface area (TPSA) is 55.1 Å². The lowest BCUT2D eigenvalue weighted by Gasteiger charge is -2.13. The molecule has 1 amide bonds. The zero-order valence-corrected chi connectivity index (χ0v) is 12.3. The highest BCUT2D eigenvalue weighted by Gasteiger charge is 2.16. The molecule has 112 valence electrons. The van der Waals surface area contributed by atoms with Crippen LogP contribution in [0.1, 0.15) is 34.8 Å². The van der Waals surface area contributed by atoms with Crippen molar-refractivity contribution in [3.8, 4) is 0 Å². The van der Waals surface area contributed by atoms with Gasteiger partial charge in [0, 0.05) is 11.5 Å². The van der Waals surface area contributed by atoms with E-state index in [1.807, 2.05) is 6.92 Å². The van der Waals surface area contributed by atoms with Gasteiger partial charge >= 0.3 is 0 Å². The predicted octanol–water partition coefficient (Wildman–Crippen LogP) is 3.77. The van der Waals surface area contributed by atoms with Gasteiger partial charge in [0.2, 0.25) is 0 Å². The number of hydrogen-bond acceptors (Lipinski definition) is 3. The summed E-state index contributed by atoms with van der Waals surface area (Å²) in [7, 11) is 0. The molecule has 0 bridgehead atoms. The molecule has 1 aromatic carbocycles. The Morgan fingerprint density at radius 3 is 2.86 bits per heavy atom. The number of rotatable bonds is 3. The molecule has 1 N–H and O–H groups in total. The zero-order valence-electron chi connectivity index (χ0n) is 12.3. The Kier molecular flexibility index (Phi) is 3.63. The second kappa shape index (κ2) is 5.60. The van der Waals surface area contributed by atoms with Gasteiger partial charge in [0.1, 0.15) is 11.6 Å². The SMILES string of the molecule is Cc1nc2cc(F)ccc2cc1C(=O)NC(C)c1ccco1. The molecule has 1 unspecified atom stereocenters. The van der Waals surface area contributed by atoms with Gasteiger partial charge in [-0.3, -0.25) is 9.78 Å². The normalized spacial score (nSPS) is 12.3. The molecule has 22 heavy (non-hydrogen) atoms. The van der Waals surface area contributed by atoms with E-state index in [1.165, 1.54) is 12.1 Å². The third-order valence-corrected chi connectivity index (χ3v) is 3.53. The average molecular weight is 298 g/mol. The lowest BCUT2D eigenvalue weighted by atomic mass is 10.1. The van der Waals surface area contributed by atoms with Crippen molar-refractivity contribution >= 4 is 16.8 Å². The Hall–Kier alpha value is -2.69. The first kappa shape index (κ1) is 14.3. The number of nitrogens with zero attached hydrogens (tertiary/aromatic N) is 1. The minimum atomic E-state index is -0.344. The van der Waals surface area contributed by atoms with Crippen LogP contribution in [-0.4, -0.2) is 10.9 Å². The first-order valence-corrected chi connectivity index (χ1v) is 6.96. The van der Waals surface area contributed by atoms with E-state index < -0.39 is 0 Å². The smallest absolute Gasteiger partial charge is 0.253 e. The molecule has 2 aromatic heterocycles. The molecule has 0 aliphatic carbocycles. The molecule has 0 aliphatic rings. The van der Waals surface area contributed by atoms with Crippen LogP contribution in [0.5, 0.6) is 0 Å². The van der Waals surface area contributed by atoms with Crippen molar-refractivity contribution in [2.45, 2.75) is 19.9 Å². The van der Waals surface area contributed by atoms with Crippen LogP contribution >= 0.6 is 0 Å². The summed E-state index contributed by atoms with van der Waals surface area (Å²) in [6, 6.07) is 9.38. The quantitative estimate of drug-likeness (QED) is 0.801. The molecule has 5 heteroatoms. The molecule has 2 heterocycles. The van der Waals surface area contributed by atoms with Gasteiger partial charge in [0.15, 0.2) is 0 Å². The second-order valence-corrected chi connectivity index (χ2v) is 5.17. The Balaban J connectivity index is 1.90. The first-order valence-electron chi connectivity index (χ1n) is 6.96. The van der Waals surface area contributed by atoms with Crippen molar-refractivity contribution < 1.29 is 13.6 Å². The first-order chi connectivity index (χ1) is 10.5. The summed E-state index contributed by atoms with van der Waals surface area (Å²) in [5, 5.41) is 3.59. The molecule has 0 saturated heterocycles. The number of aromatic nitrogens is 1. The summed E-state index contributed by atoms with van der Waals surface area (Å²) in [6.07, 6.45) is 1.56. The Bertz CT molecular complexity index is 828. The van der Waals surface area contributed by atoms with Crippen LogP contribution in [0.4, 0.5) is 4.39 Å². The third kappa shape index (κ3) is 2.70. The predicted molar refractivity (Wildman–Crippen MR) is 81.0 cm³/mol. The lowest BCUT2D eigenvalue weighted by molar-refractivity contribution is 0.0934. The fourth-order valence-electron chi connectivity index (χ4n) is 2.35. The van der Waals surface area contributed by atoms with Crippen LogP contribution < -0.4 is 5.32 Å². The van der Waals surface area contributed by atoms with E-state index in [9.17, 15) is 9.18 Å². The number of carbonyl (C=O) groups excluding carboxylic acids is 1. The number of nitrogens with one attached hydrogen (secondary N) is 1. The van der Waals surface area contributed by atoms with E-state index in [2.05, 4.69) is 10.3 Å². The number of halogens is 1. The van der Waals surface area contributed by atoms with Crippen molar-refractivity contribution in [2.24, 2.45) is 0 Å². The van der Waals surface area contributed by atoms with E-state index in [0.29, 0.717) is 22.5 Å². The average Bonchev–Trinajstić information content (AvgIpc) is 3.00. The lowest BCUT2D eigenvalue weighted by Crippen LogP contribution is -2.27.